The molecule has 0 atom stereocenters. The van der Waals surface area contributed by atoms with Gasteiger partial charge in [0.2, 0.25) is 5.13 Å². The number of nitrogens with zero attached hydrogens (tertiary/aromatic N) is 5. The van der Waals surface area contributed by atoms with Crippen LogP contribution in [0.3, 0.4) is 0 Å². The van der Waals surface area contributed by atoms with Gasteiger partial charge in [0.15, 0.2) is 0 Å². The van der Waals surface area contributed by atoms with Gasteiger partial charge in [0.25, 0.3) is 5.91 Å². The van der Waals surface area contributed by atoms with E-state index in [1.165, 1.54) is 45.2 Å². The quantitative estimate of drug-likeness (QED) is 0.727. The molecule has 8 heteroatoms. The Balaban J connectivity index is 1.23. The summed E-state index contributed by atoms with van der Waals surface area (Å²) in [6.45, 7) is 7.16. The van der Waals surface area contributed by atoms with Crippen LogP contribution in [0.4, 0.5) is 5.13 Å². The monoisotopic (exact) mass is 441 g/mol. The molecule has 0 spiro atoms. The first-order valence-corrected chi connectivity index (χ1v) is 12.4. The minimum Gasteiger partial charge on any atom is -0.378 e. The van der Waals surface area contributed by atoms with Crippen LogP contribution in [0, 0.1) is 0 Å². The van der Waals surface area contributed by atoms with Crippen molar-refractivity contribution in [1.82, 2.24) is 20.0 Å². The Bertz CT molecular complexity index is 884. The first-order chi connectivity index (χ1) is 15.3. The molecular weight excluding hydrogens is 410 g/mol. The van der Waals surface area contributed by atoms with E-state index in [1.54, 1.807) is 11.3 Å². The average molecular weight is 442 g/mol. The van der Waals surface area contributed by atoms with Gasteiger partial charge in [-0.15, -0.1) is 10.2 Å². The molecule has 3 fully saturated rings. The maximum Gasteiger partial charge on any atom is 0.254 e. The Morgan fingerprint density at radius 1 is 0.968 bits per heavy atom. The summed E-state index contributed by atoms with van der Waals surface area (Å²) in [5, 5.41) is 10.8. The largest absolute Gasteiger partial charge is 0.378 e. The van der Waals surface area contributed by atoms with Gasteiger partial charge in [-0.05, 0) is 50.9 Å². The Hall–Kier alpha value is -2.03. The fourth-order valence-corrected chi connectivity index (χ4v) is 5.79. The zero-order chi connectivity index (χ0) is 21.0. The van der Waals surface area contributed by atoms with E-state index in [0.717, 1.165) is 34.8 Å². The number of carbonyl (C=O) groups excluding carboxylic acids is 1. The third-order valence-electron chi connectivity index (χ3n) is 6.71. The van der Waals surface area contributed by atoms with Crippen LogP contribution in [0.2, 0.25) is 0 Å². The Morgan fingerprint density at radius 2 is 1.74 bits per heavy atom. The maximum absolute atomic E-state index is 12.8. The van der Waals surface area contributed by atoms with Crippen LogP contribution in [-0.4, -0.2) is 84.4 Å². The molecule has 3 aliphatic rings. The molecule has 31 heavy (non-hydrogen) atoms. The number of morpholine rings is 1. The maximum atomic E-state index is 12.8. The van der Waals surface area contributed by atoms with Crippen molar-refractivity contribution in [3.05, 3.63) is 29.8 Å². The molecule has 3 saturated heterocycles. The van der Waals surface area contributed by atoms with Gasteiger partial charge in [-0.3, -0.25) is 4.79 Å². The summed E-state index contributed by atoms with van der Waals surface area (Å²) in [6, 6.07) is 8.52. The van der Waals surface area contributed by atoms with Crippen molar-refractivity contribution < 1.29 is 9.53 Å². The second-order valence-corrected chi connectivity index (χ2v) is 9.65. The number of hydrogen-bond donors (Lipinski definition) is 0. The standard InChI is InChI=1S/C23H31N5O2S/c29-22(27-13-15-30-16-14-27)19-6-4-5-18(17-19)21-24-25-23(31-21)28-11-7-20(8-12-28)26-9-2-1-3-10-26/h4-6,17,20H,1-3,7-16H2. The van der Waals surface area contributed by atoms with E-state index in [1.807, 2.05) is 29.2 Å². The molecule has 166 valence electrons. The van der Waals surface area contributed by atoms with Crippen molar-refractivity contribution in [3.8, 4) is 10.6 Å². The van der Waals surface area contributed by atoms with Gasteiger partial charge >= 0.3 is 0 Å². The normalized spacial score (nSPS) is 21.4. The Morgan fingerprint density at radius 3 is 2.52 bits per heavy atom. The lowest BCUT2D eigenvalue weighted by molar-refractivity contribution is 0.0303. The molecule has 5 rings (SSSR count). The van der Waals surface area contributed by atoms with Gasteiger partial charge in [-0.1, -0.05) is 29.9 Å². The van der Waals surface area contributed by atoms with Gasteiger partial charge in [-0.25, -0.2) is 0 Å². The molecule has 0 aliphatic carbocycles. The highest BCUT2D eigenvalue weighted by molar-refractivity contribution is 7.18. The van der Waals surface area contributed by atoms with E-state index in [4.69, 9.17) is 4.74 Å². The van der Waals surface area contributed by atoms with Crippen LogP contribution in [0.1, 0.15) is 42.5 Å². The molecule has 4 heterocycles. The predicted molar refractivity (Wildman–Crippen MR) is 123 cm³/mol. The third kappa shape index (κ3) is 4.76. The Labute approximate surface area is 188 Å². The number of anilines is 1. The highest BCUT2D eigenvalue weighted by atomic mass is 32.1. The molecule has 0 radical (unpaired) electrons. The van der Waals surface area contributed by atoms with Crippen LogP contribution < -0.4 is 4.90 Å². The van der Waals surface area contributed by atoms with Crippen molar-refractivity contribution in [2.45, 2.75) is 38.1 Å². The summed E-state index contributed by atoms with van der Waals surface area (Å²) in [7, 11) is 0. The topological polar surface area (TPSA) is 61.8 Å². The highest BCUT2D eigenvalue weighted by Gasteiger charge is 2.27. The van der Waals surface area contributed by atoms with Crippen LogP contribution in [0.15, 0.2) is 24.3 Å². The van der Waals surface area contributed by atoms with Crippen LogP contribution in [0.25, 0.3) is 10.6 Å². The molecule has 1 aromatic heterocycles. The zero-order valence-corrected chi connectivity index (χ0v) is 18.9. The second-order valence-electron chi connectivity index (χ2n) is 8.69. The molecule has 1 amide bonds. The molecule has 3 aliphatic heterocycles. The molecule has 0 saturated carbocycles. The van der Waals surface area contributed by atoms with Crippen LogP contribution in [0.5, 0.6) is 0 Å². The molecule has 7 nitrogen and oxygen atoms in total. The number of hydrogen-bond acceptors (Lipinski definition) is 7. The number of rotatable bonds is 4. The number of amides is 1. The van der Waals surface area contributed by atoms with Crippen molar-refractivity contribution in [3.63, 3.8) is 0 Å². The molecule has 0 unspecified atom stereocenters. The SMILES string of the molecule is O=C(c1cccc(-c2nnc(N3CCC(N4CCCCC4)CC3)s2)c1)N1CCOCC1. The lowest BCUT2D eigenvalue weighted by Crippen LogP contribution is -2.46. The number of piperidine rings is 2. The van der Waals surface area contributed by atoms with E-state index in [9.17, 15) is 4.79 Å². The van der Waals surface area contributed by atoms with Crippen molar-refractivity contribution in [1.29, 1.82) is 0 Å². The van der Waals surface area contributed by atoms with Crippen LogP contribution in [-0.2, 0) is 4.74 Å². The molecular formula is C23H31N5O2S. The van der Waals surface area contributed by atoms with Crippen molar-refractivity contribution in [2.24, 2.45) is 0 Å². The minimum absolute atomic E-state index is 0.0645. The fraction of sp³-hybridized carbons (Fsp3) is 0.609. The van der Waals surface area contributed by atoms with Crippen molar-refractivity contribution in [2.75, 3.05) is 57.4 Å². The first-order valence-electron chi connectivity index (χ1n) is 11.6. The van der Waals surface area contributed by atoms with Crippen molar-refractivity contribution >= 4 is 22.4 Å². The zero-order valence-electron chi connectivity index (χ0n) is 18.0. The highest BCUT2D eigenvalue weighted by Crippen LogP contribution is 2.32. The van der Waals surface area contributed by atoms with E-state index < -0.39 is 0 Å². The van der Waals surface area contributed by atoms with Crippen LogP contribution >= 0.6 is 11.3 Å². The number of aromatic nitrogens is 2. The molecule has 0 bridgehead atoms. The summed E-state index contributed by atoms with van der Waals surface area (Å²) in [6.07, 6.45) is 6.51. The summed E-state index contributed by atoms with van der Waals surface area (Å²) in [4.78, 5) is 19.8. The fourth-order valence-electron chi connectivity index (χ4n) is 4.90. The third-order valence-corrected chi connectivity index (χ3v) is 7.74. The Kier molecular flexibility index (Phi) is 6.47. The summed E-state index contributed by atoms with van der Waals surface area (Å²) in [5.41, 5.74) is 1.67. The number of ether oxygens (including phenoxy) is 1. The smallest absolute Gasteiger partial charge is 0.254 e. The first kappa shape index (κ1) is 20.8. The minimum atomic E-state index is 0.0645. The number of likely N-dealkylation sites (tertiary alicyclic amines) is 1. The lowest BCUT2D eigenvalue weighted by atomic mass is 10.0. The van der Waals surface area contributed by atoms with E-state index in [0.29, 0.717) is 31.9 Å². The van der Waals surface area contributed by atoms with E-state index in [-0.39, 0.29) is 5.91 Å². The number of benzene rings is 1. The average Bonchev–Trinajstić information content (AvgIpc) is 3.35. The van der Waals surface area contributed by atoms with E-state index >= 15 is 0 Å². The molecule has 2 aromatic rings. The second kappa shape index (κ2) is 9.63. The summed E-state index contributed by atoms with van der Waals surface area (Å²) in [5.74, 6) is 0.0645. The molecule has 0 N–H and O–H groups in total. The predicted octanol–water partition coefficient (Wildman–Crippen LogP) is 3.13. The van der Waals surface area contributed by atoms with Gasteiger partial charge in [0.05, 0.1) is 13.2 Å². The number of carbonyl (C=O) groups is 1. The molecule has 1 aromatic carbocycles. The summed E-state index contributed by atoms with van der Waals surface area (Å²) >= 11 is 1.63. The summed E-state index contributed by atoms with van der Waals surface area (Å²) < 4.78 is 5.36. The van der Waals surface area contributed by atoms with Gasteiger partial charge in [0, 0.05) is 43.3 Å². The lowest BCUT2D eigenvalue weighted by Gasteiger charge is -2.40. The van der Waals surface area contributed by atoms with Gasteiger partial charge in [0.1, 0.15) is 5.01 Å². The van der Waals surface area contributed by atoms with Gasteiger partial charge in [-0.2, -0.15) is 0 Å². The van der Waals surface area contributed by atoms with Gasteiger partial charge < -0.3 is 19.4 Å². The van der Waals surface area contributed by atoms with E-state index in [2.05, 4.69) is 20.0 Å².